The quantitative estimate of drug-likeness (QED) is 0.596. The number of benzene rings is 2. The molecule has 158 valence electrons. The Morgan fingerprint density at radius 2 is 1.70 bits per heavy atom. The number of nitrogens with zero attached hydrogens (tertiary/aromatic N) is 6. The smallest absolute Gasteiger partial charge is 0.168 e. The molecule has 1 aromatic heterocycles. The highest BCUT2D eigenvalue weighted by Crippen LogP contribution is 2.28. The minimum Gasteiger partial charge on any atom is -0.369 e. The van der Waals surface area contributed by atoms with Crippen molar-refractivity contribution in [1.29, 1.82) is 0 Å². The molecule has 0 N–H and O–H groups in total. The monoisotopic (exact) mass is 404 g/mol. The van der Waals surface area contributed by atoms with E-state index < -0.39 is 0 Å². The van der Waals surface area contributed by atoms with E-state index in [4.69, 9.17) is 0 Å². The van der Waals surface area contributed by atoms with Gasteiger partial charge in [-0.3, -0.25) is 4.90 Å². The average Bonchev–Trinajstić information content (AvgIpc) is 3.22. The molecule has 0 amide bonds. The lowest BCUT2D eigenvalue weighted by atomic mass is 10.1. The van der Waals surface area contributed by atoms with Gasteiger partial charge in [0.25, 0.3) is 0 Å². The van der Waals surface area contributed by atoms with E-state index in [-0.39, 0.29) is 6.04 Å². The first-order chi connectivity index (χ1) is 14.7. The summed E-state index contributed by atoms with van der Waals surface area (Å²) in [6, 6.07) is 17.3. The molecule has 6 heteroatoms. The summed E-state index contributed by atoms with van der Waals surface area (Å²) in [6.07, 6.45) is 2.18. The van der Waals surface area contributed by atoms with E-state index in [0.717, 1.165) is 44.8 Å². The molecule has 1 aliphatic heterocycles. The van der Waals surface area contributed by atoms with Gasteiger partial charge in [-0.1, -0.05) is 55.8 Å². The van der Waals surface area contributed by atoms with Gasteiger partial charge in [0.15, 0.2) is 5.82 Å². The summed E-state index contributed by atoms with van der Waals surface area (Å²) in [4.78, 5) is 5.09. The number of hydrogen-bond acceptors (Lipinski definition) is 5. The van der Waals surface area contributed by atoms with Crippen molar-refractivity contribution >= 4 is 5.69 Å². The van der Waals surface area contributed by atoms with Crippen LogP contribution in [0.25, 0.3) is 0 Å². The van der Waals surface area contributed by atoms with Gasteiger partial charge < -0.3 is 4.90 Å². The van der Waals surface area contributed by atoms with Crippen molar-refractivity contribution in [2.45, 2.75) is 46.2 Å². The van der Waals surface area contributed by atoms with E-state index in [1.165, 1.54) is 22.4 Å². The van der Waals surface area contributed by atoms with E-state index in [0.29, 0.717) is 6.54 Å². The maximum absolute atomic E-state index is 4.46. The Kier molecular flexibility index (Phi) is 6.43. The summed E-state index contributed by atoms with van der Waals surface area (Å²) in [6.45, 7) is 11.5. The van der Waals surface area contributed by atoms with Crippen LogP contribution >= 0.6 is 0 Å². The van der Waals surface area contributed by atoms with Crippen LogP contribution in [0, 0.1) is 13.8 Å². The summed E-state index contributed by atoms with van der Waals surface area (Å²) in [5.74, 6) is 0.987. The summed E-state index contributed by atoms with van der Waals surface area (Å²) >= 11 is 0. The summed E-state index contributed by atoms with van der Waals surface area (Å²) < 4.78 is 1.98. The minimum absolute atomic E-state index is 0.259. The molecular weight excluding hydrogens is 372 g/mol. The van der Waals surface area contributed by atoms with Crippen molar-refractivity contribution in [1.82, 2.24) is 25.1 Å². The molecule has 0 saturated carbocycles. The van der Waals surface area contributed by atoms with Crippen LogP contribution in [0.15, 0.2) is 48.5 Å². The van der Waals surface area contributed by atoms with Crippen LogP contribution in [0.1, 0.15) is 48.3 Å². The van der Waals surface area contributed by atoms with Crippen molar-refractivity contribution in [2.75, 3.05) is 31.1 Å². The molecule has 30 heavy (non-hydrogen) atoms. The van der Waals surface area contributed by atoms with Crippen LogP contribution < -0.4 is 4.90 Å². The van der Waals surface area contributed by atoms with Gasteiger partial charge in [-0.05, 0) is 53.5 Å². The highest BCUT2D eigenvalue weighted by Gasteiger charge is 2.29. The predicted octanol–water partition coefficient (Wildman–Crippen LogP) is 4.00. The van der Waals surface area contributed by atoms with Gasteiger partial charge in [0, 0.05) is 31.9 Å². The van der Waals surface area contributed by atoms with E-state index in [2.05, 4.69) is 88.6 Å². The van der Waals surface area contributed by atoms with Crippen molar-refractivity contribution in [3.8, 4) is 0 Å². The molecule has 0 bridgehead atoms. The molecule has 1 saturated heterocycles. The maximum atomic E-state index is 4.46. The number of anilines is 1. The second-order valence-electron chi connectivity index (χ2n) is 8.23. The van der Waals surface area contributed by atoms with E-state index in [1.807, 2.05) is 10.7 Å². The average molecular weight is 405 g/mol. The summed E-state index contributed by atoms with van der Waals surface area (Å²) in [5.41, 5.74) is 5.35. The Morgan fingerprint density at radius 3 is 2.43 bits per heavy atom. The van der Waals surface area contributed by atoms with E-state index in [9.17, 15) is 0 Å². The van der Waals surface area contributed by atoms with Crippen molar-refractivity contribution in [3.63, 3.8) is 0 Å². The Balaban J connectivity index is 1.49. The van der Waals surface area contributed by atoms with Crippen LogP contribution in [-0.4, -0.2) is 51.3 Å². The second kappa shape index (κ2) is 9.39. The fourth-order valence-corrected chi connectivity index (χ4v) is 4.42. The lowest BCUT2D eigenvalue weighted by molar-refractivity contribution is 0.164. The largest absolute Gasteiger partial charge is 0.369 e. The van der Waals surface area contributed by atoms with E-state index in [1.54, 1.807) is 0 Å². The number of tetrazole rings is 1. The van der Waals surface area contributed by atoms with Crippen LogP contribution in [0.2, 0.25) is 0 Å². The highest BCUT2D eigenvalue weighted by atomic mass is 15.6. The molecule has 0 radical (unpaired) electrons. The standard InChI is InChI=1S/C24H32N6/c1-4-9-23(24-25-26-27-30(24)18-21-11-6-5-7-12-21)29-16-14-28(15-17-29)22-13-8-10-19(2)20(22)3/h5-8,10-13,23H,4,9,14-18H2,1-3H3. The Morgan fingerprint density at radius 1 is 0.933 bits per heavy atom. The van der Waals surface area contributed by atoms with E-state index >= 15 is 0 Å². The first-order valence-corrected chi connectivity index (χ1v) is 11.0. The minimum atomic E-state index is 0.259. The number of hydrogen-bond donors (Lipinski definition) is 0. The van der Waals surface area contributed by atoms with Gasteiger partial charge in [0.1, 0.15) is 0 Å². The van der Waals surface area contributed by atoms with Crippen LogP contribution in [-0.2, 0) is 6.54 Å². The van der Waals surface area contributed by atoms with Crippen LogP contribution in [0.4, 0.5) is 5.69 Å². The molecule has 0 spiro atoms. The Labute approximate surface area is 179 Å². The molecule has 6 nitrogen and oxygen atoms in total. The normalized spacial score (nSPS) is 16.0. The maximum Gasteiger partial charge on any atom is 0.168 e. The van der Waals surface area contributed by atoms with Crippen LogP contribution in [0.3, 0.4) is 0 Å². The first kappa shape index (κ1) is 20.5. The molecule has 0 aliphatic carbocycles. The topological polar surface area (TPSA) is 50.1 Å². The zero-order valence-corrected chi connectivity index (χ0v) is 18.3. The first-order valence-electron chi connectivity index (χ1n) is 11.0. The van der Waals surface area contributed by atoms with Gasteiger partial charge in [0.2, 0.25) is 0 Å². The number of aryl methyl sites for hydroxylation is 1. The molecular formula is C24H32N6. The molecule has 1 aliphatic rings. The van der Waals surface area contributed by atoms with Gasteiger partial charge >= 0.3 is 0 Å². The van der Waals surface area contributed by atoms with Crippen molar-refractivity contribution in [2.24, 2.45) is 0 Å². The van der Waals surface area contributed by atoms with Crippen molar-refractivity contribution < 1.29 is 0 Å². The lowest BCUT2D eigenvalue weighted by Crippen LogP contribution is -2.48. The Bertz CT molecular complexity index is 943. The van der Waals surface area contributed by atoms with Gasteiger partial charge in [-0.15, -0.1) is 5.10 Å². The van der Waals surface area contributed by atoms with Gasteiger partial charge in [-0.2, -0.15) is 0 Å². The predicted molar refractivity (Wildman–Crippen MR) is 121 cm³/mol. The molecule has 1 fully saturated rings. The molecule has 1 atom stereocenters. The van der Waals surface area contributed by atoms with Crippen molar-refractivity contribution in [3.05, 3.63) is 71.0 Å². The highest BCUT2D eigenvalue weighted by molar-refractivity contribution is 5.56. The zero-order valence-electron chi connectivity index (χ0n) is 18.3. The third-order valence-electron chi connectivity index (χ3n) is 6.27. The fraction of sp³-hybridized carbons (Fsp3) is 0.458. The lowest BCUT2D eigenvalue weighted by Gasteiger charge is -2.40. The second-order valence-corrected chi connectivity index (χ2v) is 8.23. The SMILES string of the molecule is CCCC(c1nnnn1Cc1ccccc1)N1CCN(c2cccc(C)c2C)CC1. The summed E-state index contributed by atoms with van der Waals surface area (Å²) in [7, 11) is 0. The number of piperazine rings is 1. The zero-order chi connectivity index (χ0) is 20.9. The van der Waals surface area contributed by atoms with Gasteiger partial charge in [0.05, 0.1) is 12.6 Å². The molecule has 1 unspecified atom stereocenters. The molecule has 2 heterocycles. The third-order valence-corrected chi connectivity index (χ3v) is 6.27. The van der Waals surface area contributed by atoms with Gasteiger partial charge in [-0.25, -0.2) is 4.68 Å². The number of rotatable bonds is 7. The molecule has 4 rings (SSSR count). The Hall–Kier alpha value is -2.73. The molecule has 2 aromatic carbocycles. The third kappa shape index (κ3) is 4.38. The summed E-state index contributed by atoms with van der Waals surface area (Å²) in [5, 5.41) is 12.8. The van der Waals surface area contributed by atoms with Crippen LogP contribution in [0.5, 0.6) is 0 Å². The molecule has 3 aromatic rings. The fourth-order valence-electron chi connectivity index (χ4n) is 4.42. The number of aromatic nitrogens is 4.